The summed E-state index contributed by atoms with van der Waals surface area (Å²) < 4.78 is 0. The number of nitrogens with zero attached hydrogens (tertiary/aromatic N) is 2. The van der Waals surface area contributed by atoms with Crippen molar-refractivity contribution in [2.75, 3.05) is 27.2 Å². The molecule has 2 aliphatic rings. The highest BCUT2D eigenvalue weighted by Crippen LogP contribution is 2.28. The Morgan fingerprint density at radius 2 is 2.11 bits per heavy atom. The van der Waals surface area contributed by atoms with Gasteiger partial charge in [0.1, 0.15) is 6.04 Å². The minimum Gasteiger partial charge on any atom is -0.334 e. The van der Waals surface area contributed by atoms with Crippen LogP contribution in [-0.4, -0.2) is 66.8 Å². The quantitative estimate of drug-likeness (QED) is 0.586. The van der Waals surface area contributed by atoms with Crippen molar-refractivity contribution in [2.24, 2.45) is 0 Å². The molecule has 1 saturated heterocycles. The van der Waals surface area contributed by atoms with Gasteiger partial charge < -0.3 is 20.4 Å². The Hall–Kier alpha value is -2.94. The zero-order valence-corrected chi connectivity index (χ0v) is 16.1. The van der Waals surface area contributed by atoms with Crippen LogP contribution in [0.1, 0.15) is 34.3 Å². The van der Waals surface area contributed by atoms with Gasteiger partial charge in [-0.15, -0.1) is 0 Å². The summed E-state index contributed by atoms with van der Waals surface area (Å²) in [7, 11) is 3.54. The van der Waals surface area contributed by atoms with Gasteiger partial charge in [-0.1, -0.05) is 12.1 Å². The Labute approximate surface area is 163 Å². The largest absolute Gasteiger partial charge is 0.334 e. The number of benzene rings is 1. The molecule has 1 aromatic rings. The molecule has 0 radical (unpaired) electrons. The lowest BCUT2D eigenvalue weighted by atomic mass is 10.0. The third kappa shape index (κ3) is 4.14. The molecule has 0 saturated carbocycles. The minimum absolute atomic E-state index is 0.188. The number of nitrogens with one attached hydrogen (secondary N) is 3. The Bertz CT molecular complexity index is 810. The van der Waals surface area contributed by atoms with Crippen molar-refractivity contribution in [2.45, 2.75) is 32.0 Å². The van der Waals surface area contributed by atoms with Crippen molar-refractivity contribution >= 4 is 23.8 Å². The van der Waals surface area contributed by atoms with E-state index in [1.54, 1.807) is 18.0 Å². The summed E-state index contributed by atoms with van der Waals surface area (Å²) in [6.45, 7) is 1.95. The van der Waals surface area contributed by atoms with Gasteiger partial charge in [0.2, 0.25) is 11.8 Å². The molecule has 150 valence electrons. The molecule has 0 aromatic heterocycles. The van der Waals surface area contributed by atoms with E-state index in [4.69, 9.17) is 0 Å². The van der Waals surface area contributed by atoms with E-state index in [-0.39, 0.29) is 24.3 Å². The Morgan fingerprint density at radius 3 is 2.82 bits per heavy atom. The molecule has 2 heterocycles. The molecule has 9 nitrogen and oxygen atoms in total. The molecule has 0 aliphatic carbocycles. The Morgan fingerprint density at radius 1 is 1.32 bits per heavy atom. The molecule has 1 unspecified atom stereocenters. The van der Waals surface area contributed by atoms with Crippen LogP contribution in [0.5, 0.6) is 0 Å². The number of likely N-dealkylation sites (N-methyl/N-ethyl adjacent to an activating group) is 2. The average Bonchev–Trinajstić information content (AvgIpc) is 3.00. The number of imide groups is 1. The molecule has 1 fully saturated rings. The lowest BCUT2D eigenvalue weighted by Gasteiger charge is -2.29. The Balaban J connectivity index is 1.63. The second-order valence-corrected chi connectivity index (χ2v) is 7.08. The SMILES string of the molecule is CNCCN(C)C(=O)NCc1ccc2c(c1)C(=O)N(C1CCC(=O)NC1=O)C2. The zero-order valence-electron chi connectivity index (χ0n) is 16.1. The number of carbonyl (C=O) groups excluding carboxylic acids is 4. The minimum atomic E-state index is -0.624. The van der Waals surface area contributed by atoms with Gasteiger partial charge in [-0.05, 0) is 30.7 Å². The molecular weight excluding hydrogens is 362 g/mol. The number of urea groups is 1. The van der Waals surface area contributed by atoms with E-state index in [0.717, 1.165) is 11.1 Å². The number of hydrogen-bond donors (Lipinski definition) is 3. The molecule has 0 bridgehead atoms. The zero-order chi connectivity index (χ0) is 20.3. The van der Waals surface area contributed by atoms with Crippen molar-refractivity contribution in [3.8, 4) is 0 Å². The second-order valence-electron chi connectivity index (χ2n) is 7.08. The number of rotatable bonds is 6. The summed E-state index contributed by atoms with van der Waals surface area (Å²) in [6, 6.07) is 4.67. The topological polar surface area (TPSA) is 111 Å². The van der Waals surface area contributed by atoms with Crippen LogP contribution in [0.15, 0.2) is 18.2 Å². The monoisotopic (exact) mass is 387 g/mol. The van der Waals surface area contributed by atoms with Crippen LogP contribution in [0, 0.1) is 0 Å². The maximum Gasteiger partial charge on any atom is 0.317 e. The van der Waals surface area contributed by atoms with Crippen LogP contribution in [-0.2, 0) is 22.7 Å². The average molecular weight is 387 g/mol. The highest BCUT2D eigenvalue weighted by atomic mass is 16.2. The third-order valence-corrected chi connectivity index (χ3v) is 5.08. The predicted molar refractivity (Wildman–Crippen MR) is 101 cm³/mol. The van der Waals surface area contributed by atoms with Gasteiger partial charge in [-0.25, -0.2) is 4.79 Å². The molecule has 3 rings (SSSR count). The van der Waals surface area contributed by atoms with Crippen LogP contribution >= 0.6 is 0 Å². The van der Waals surface area contributed by atoms with E-state index in [9.17, 15) is 19.2 Å². The maximum absolute atomic E-state index is 12.8. The van der Waals surface area contributed by atoms with Crippen molar-refractivity contribution < 1.29 is 19.2 Å². The van der Waals surface area contributed by atoms with Gasteiger partial charge in [0, 0.05) is 45.2 Å². The highest BCUT2D eigenvalue weighted by molar-refractivity contribution is 6.05. The summed E-state index contributed by atoms with van der Waals surface area (Å²) in [5, 5.41) is 8.11. The molecule has 1 aromatic carbocycles. The number of amides is 5. The van der Waals surface area contributed by atoms with Crippen LogP contribution in [0.3, 0.4) is 0 Å². The standard InChI is InChI=1S/C19H25N5O4/c1-20-7-8-23(2)19(28)21-10-12-3-4-13-11-24(18(27)14(13)9-12)15-5-6-16(25)22-17(15)26/h3-4,9,15,20H,5-8,10-11H2,1-2H3,(H,21,28)(H,22,25,26). The van der Waals surface area contributed by atoms with Gasteiger partial charge in [0.05, 0.1) is 0 Å². The van der Waals surface area contributed by atoms with E-state index in [0.29, 0.717) is 38.2 Å². The highest BCUT2D eigenvalue weighted by Gasteiger charge is 2.39. The van der Waals surface area contributed by atoms with Crippen LogP contribution in [0.2, 0.25) is 0 Å². The molecule has 0 spiro atoms. The summed E-state index contributed by atoms with van der Waals surface area (Å²) >= 11 is 0. The molecule has 1 atom stereocenters. The van der Waals surface area contributed by atoms with Crippen molar-refractivity contribution in [3.63, 3.8) is 0 Å². The third-order valence-electron chi connectivity index (χ3n) is 5.08. The first-order valence-corrected chi connectivity index (χ1v) is 9.30. The lowest BCUT2D eigenvalue weighted by Crippen LogP contribution is -2.52. The van der Waals surface area contributed by atoms with E-state index >= 15 is 0 Å². The fourth-order valence-electron chi connectivity index (χ4n) is 3.41. The Kier molecular flexibility index (Phi) is 5.93. The number of carbonyl (C=O) groups is 4. The summed E-state index contributed by atoms with van der Waals surface area (Å²) in [4.78, 5) is 51.4. The lowest BCUT2D eigenvalue weighted by molar-refractivity contribution is -0.136. The second kappa shape index (κ2) is 8.39. The summed E-state index contributed by atoms with van der Waals surface area (Å²) in [6.07, 6.45) is 0.571. The molecule has 2 aliphatic heterocycles. The van der Waals surface area contributed by atoms with Gasteiger partial charge >= 0.3 is 6.03 Å². The van der Waals surface area contributed by atoms with Crippen LogP contribution < -0.4 is 16.0 Å². The number of fused-ring (bicyclic) bond motifs is 1. The van der Waals surface area contributed by atoms with E-state index in [1.165, 1.54) is 4.90 Å². The summed E-state index contributed by atoms with van der Waals surface area (Å²) in [5.41, 5.74) is 2.20. The fraction of sp³-hybridized carbons (Fsp3) is 0.474. The molecule has 5 amide bonds. The normalized spacial score (nSPS) is 18.7. The maximum atomic E-state index is 12.8. The molecule has 28 heavy (non-hydrogen) atoms. The summed E-state index contributed by atoms with van der Waals surface area (Å²) in [5.74, 6) is -0.943. The van der Waals surface area contributed by atoms with E-state index in [2.05, 4.69) is 16.0 Å². The predicted octanol–water partition coefficient (Wildman–Crippen LogP) is -0.192. The van der Waals surface area contributed by atoms with Gasteiger partial charge in [0.15, 0.2) is 0 Å². The van der Waals surface area contributed by atoms with E-state index in [1.807, 2.05) is 19.2 Å². The first kappa shape index (κ1) is 19.8. The van der Waals surface area contributed by atoms with Gasteiger partial charge in [0.25, 0.3) is 5.91 Å². The smallest absolute Gasteiger partial charge is 0.317 e. The van der Waals surface area contributed by atoms with Crippen LogP contribution in [0.25, 0.3) is 0 Å². The van der Waals surface area contributed by atoms with Crippen molar-refractivity contribution in [1.82, 2.24) is 25.8 Å². The fourth-order valence-corrected chi connectivity index (χ4v) is 3.41. The molecule has 3 N–H and O–H groups in total. The van der Waals surface area contributed by atoms with Crippen molar-refractivity contribution in [3.05, 3.63) is 34.9 Å². The van der Waals surface area contributed by atoms with Gasteiger partial charge in [-0.3, -0.25) is 19.7 Å². The molecule has 9 heteroatoms. The first-order valence-electron chi connectivity index (χ1n) is 9.30. The first-order chi connectivity index (χ1) is 13.4. The molecular formula is C19H25N5O4. The number of piperidine rings is 1. The van der Waals surface area contributed by atoms with Gasteiger partial charge in [-0.2, -0.15) is 0 Å². The van der Waals surface area contributed by atoms with E-state index < -0.39 is 11.9 Å². The number of hydrogen-bond acceptors (Lipinski definition) is 5. The van der Waals surface area contributed by atoms with Crippen molar-refractivity contribution in [1.29, 1.82) is 0 Å². The van der Waals surface area contributed by atoms with Crippen LogP contribution in [0.4, 0.5) is 4.79 Å².